The Morgan fingerprint density at radius 1 is 1.00 bits per heavy atom. The molecule has 0 N–H and O–H groups in total. The smallest absolute Gasteiger partial charge is 0.254 e. The average Bonchev–Trinajstić information content (AvgIpc) is 3.03. The number of pyridine rings is 1. The molecule has 1 amide bonds. The molecule has 2 heterocycles. The first-order chi connectivity index (χ1) is 13.2. The largest absolute Gasteiger partial charge is 0.456 e. The van der Waals surface area contributed by atoms with E-state index in [0.717, 1.165) is 41.6 Å². The maximum atomic E-state index is 12.6. The van der Waals surface area contributed by atoms with Gasteiger partial charge in [-0.25, -0.2) is 0 Å². The van der Waals surface area contributed by atoms with Gasteiger partial charge in [0.15, 0.2) is 0 Å². The van der Waals surface area contributed by atoms with E-state index < -0.39 is 0 Å². The van der Waals surface area contributed by atoms with E-state index in [2.05, 4.69) is 11.9 Å². The quantitative estimate of drug-likeness (QED) is 0.601. The molecule has 0 aliphatic carbocycles. The van der Waals surface area contributed by atoms with Crippen molar-refractivity contribution in [3.63, 3.8) is 0 Å². The summed E-state index contributed by atoms with van der Waals surface area (Å²) in [6.07, 6.45) is 5.62. The van der Waals surface area contributed by atoms with Gasteiger partial charge in [0.1, 0.15) is 11.5 Å². The number of benzene rings is 2. The van der Waals surface area contributed by atoms with Crippen LogP contribution in [0.4, 0.5) is 0 Å². The molecule has 0 radical (unpaired) electrons. The third kappa shape index (κ3) is 3.70. The first kappa shape index (κ1) is 17.3. The zero-order valence-corrected chi connectivity index (χ0v) is 15.4. The lowest BCUT2D eigenvalue weighted by Gasteiger charge is -2.14. The molecule has 136 valence electrons. The zero-order chi connectivity index (χ0) is 18.6. The molecule has 0 atom stereocenters. The van der Waals surface area contributed by atoms with Crippen molar-refractivity contribution in [3.8, 4) is 22.6 Å². The number of hydrogen-bond acceptors (Lipinski definition) is 3. The highest BCUT2D eigenvalue weighted by atomic mass is 16.5. The average molecular weight is 358 g/mol. The highest BCUT2D eigenvalue weighted by Gasteiger charge is 2.27. The van der Waals surface area contributed by atoms with Crippen LogP contribution in [0.5, 0.6) is 11.5 Å². The first-order valence-electron chi connectivity index (χ1n) is 9.35. The van der Waals surface area contributed by atoms with Gasteiger partial charge in [-0.05, 0) is 35.7 Å². The van der Waals surface area contributed by atoms with Crippen molar-refractivity contribution in [1.82, 2.24) is 9.88 Å². The molecular weight excluding hydrogens is 336 g/mol. The highest BCUT2D eigenvalue weighted by molar-refractivity contribution is 5.98. The molecule has 4 nitrogen and oxygen atoms in total. The number of ether oxygens (including phenoxy) is 1. The van der Waals surface area contributed by atoms with E-state index in [0.29, 0.717) is 18.0 Å². The molecule has 0 unspecified atom stereocenters. The molecule has 4 heteroatoms. The monoisotopic (exact) mass is 358 g/mol. The highest BCUT2D eigenvalue weighted by Crippen LogP contribution is 2.30. The predicted octanol–water partition coefficient (Wildman–Crippen LogP) is 5.30. The summed E-state index contributed by atoms with van der Waals surface area (Å²) >= 11 is 0. The summed E-state index contributed by atoms with van der Waals surface area (Å²) in [5.74, 6) is 1.41. The molecule has 4 rings (SSSR count). The Balaban J connectivity index is 1.54. The molecule has 1 aromatic heterocycles. The molecular formula is C23H22N2O2. The summed E-state index contributed by atoms with van der Waals surface area (Å²) in [7, 11) is 0. The van der Waals surface area contributed by atoms with E-state index in [-0.39, 0.29) is 5.91 Å². The van der Waals surface area contributed by atoms with Crippen molar-refractivity contribution in [1.29, 1.82) is 0 Å². The molecule has 1 aliphatic rings. The molecule has 27 heavy (non-hydrogen) atoms. The van der Waals surface area contributed by atoms with Crippen LogP contribution in [0.15, 0.2) is 67.0 Å². The topological polar surface area (TPSA) is 42.4 Å². The molecule has 0 saturated carbocycles. The minimum Gasteiger partial charge on any atom is -0.456 e. The number of unbranched alkanes of at least 4 members (excludes halogenated alkanes) is 1. The van der Waals surface area contributed by atoms with E-state index >= 15 is 0 Å². The second-order valence-electron chi connectivity index (χ2n) is 6.78. The fourth-order valence-corrected chi connectivity index (χ4v) is 3.33. The lowest BCUT2D eigenvalue weighted by atomic mass is 10.1. The maximum absolute atomic E-state index is 12.6. The van der Waals surface area contributed by atoms with Gasteiger partial charge >= 0.3 is 0 Å². The van der Waals surface area contributed by atoms with Crippen molar-refractivity contribution in [2.24, 2.45) is 0 Å². The molecule has 0 saturated heterocycles. The van der Waals surface area contributed by atoms with Gasteiger partial charge in [-0.1, -0.05) is 49.7 Å². The SMILES string of the molecule is CCCCN1Cc2ccc(Oc3cncc(-c4ccccc4)c3)cc2C1=O. The van der Waals surface area contributed by atoms with Crippen LogP contribution >= 0.6 is 0 Å². The lowest BCUT2D eigenvalue weighted by Crippen LogP contribution is -2.24. The molecule has 3 aromatic rings. The zero-order valence-electron chi connectivity index (χ0n) is 15.4. The Kier molecular flexibility index (Phi) is 4.88. The van der Waals surface area contributed by atoms with Gasteiger partial charge in [0.05, 0.1) is 6.20 Å². The van der Waals surface area contributed by atoms with Crippen LogP contribution in [0.25, 0.3) is 11.1 Å². The summed E-state index contributed by atoms with van der Waals surface area (Å²) < 4.78 is 6.00. The van der Waals surface area contributed by atoms with Crippen molar-refractivity contribution in [2.45, 2.75) is 26.3 Å². The number of carbonyl (C=O) groups excluding carboxylic acids is 1. The van der Waals surface area contributed by atoms with E-state index in [4.69, 9.17) is 4.74 Å². The standard InChI is InChI=1S/C23H22N2O2/c1-2-3-11-25-16-18-9-10-20(13-22(18)23(25)26)27-21-12-19(14-24-15-21)17-7-5-4-6-8-17/h4-10,12-15H,2-3,11,16H2,1H3. The predicted molar refractivity (Wildman–Crippen MR) is 106 cm³/mol. The lowest BCUT2D eigenvalue weighted by molar-refractivity contribution is 0.0776. The van der Waals surface area contributed by atoms with Crippen LogP contribution in [0, 0.1) is 0 Å². The van der Waals surface area contributed by atoms with Crippen LogP contribution in [0.2, 0.25) is 0 Å². The molecule has 0 fully saturated rings. The van der Waals surface area contributed by atoms with Crippen molar-refractivity contribution in [3.05, 3.63) is 78.1 Å². The van der Waals surface area contributed by atoms with Crippen molar-refractivity contribution in [2.75, 3.05) is 6.54 Å². The van der Waals surface area contributed by atoms with Crippen LogP contribution in [-0.2, 0) is 6.54 Å². The Bertz CT molecular complexity index is 954. The fourth-order valence-electron chi connectivity index (χ4n) is 3.33. The number of hydrogen-bond donors (Lipinski definition) is 0. The maximum Gasteiger partial charge on any atom is 0.254 e. The number of rotatable bonds is 6. The van der Waals surface area contributed by atoms with Gasteiger partial charge in [-0.2, -0.15) is 0 Å². The summed E-state index contributed by atoms with van der Waals surface area (Å²) in [5, 5.41) is 0. The second-order valence-corrected chi connectivity index (χ2v) is 6.78. The second kappa shape index (κ2) is 7.62. The Labute approximate surface area is 159 Å². The van der Waals surface area contributed by atoms with Crippen molar-refractivity contribution < 1.29 is 9.53 Å². The first-order valence-corrected chi connectivity index (χ1v) is 9.35. The van der Waals surface area contributed by atoms with Crippen LogP contribution in [0.3, 0.4) is 0 Å². The summed E-state index contributed by atoms with van der Waals surface area (Å²) in [4.78, 5) is 18.8. The van der Waals surface area contributed by atoms with Gasteiger partial charge < -0.3 is 9.64 Å². The Morgan fingerprint density at radius 3 is 2.67 bits per heavy atom. The Hall–Kier alpha value is -3.14. The third-order valence-corrected chi connectivity index (χ3v) is 4.80. The third-order valence-electron chi connectivity index (χ3n) is 4.80. The number of aromatic nitrogens is 1. The molecule has 1 aliphatic heterocycles. The van der Waals surface area contributed by atoms with Gasteiger partial charge in [0.2, 0.25) is 0 Å². The van der Waals surface area contributed by atoms with Gasteiger partial charge in [-0.15, -0.1) is 0 Å². The molecule has 0 spiro atoms. The van der Waals surface area contributed by atoms with E-state index in [9.17, 15) is 4.79 Å². The number of carbonyl (C=O) groups is 1. The van der Waals surface area contributed by atoms with Crippen LogP contribution < -0.4 is 4.74 Å². The summed E-state index contributed by atoms with van der Waals surface area (Å²) in [6, 6.07) is 17.8. The summed E-state index contributed by atoms with van der Waals surface area (Å²) in [6.45, 7) is 3.64. The van der Waals surface area contributed by atoms with Gasteiger partial charge in [0.25, 0.3) is 5.91 Å². The molecule has 2 aromatic carbocycles. The number of fused-ring (bicyclic) bond motifs is 1. The van der Waals surface area contributed by atoms with Gasteiger partial charge in [-0.3, -0.25) is 9.78 Å². The number of amides is 1. The molecule has 0 bridgehead atoms. The van der Waals surface area contributed by atoms with Crippen molar-refractivity contribution >= 4 is 5.91 Å². The minimum atomic E-state index is 0.0973. The van der Waals surface area contributed by atoms with E-state index in [1.165, 1.54) is 0 Å². The van der Waals surface area contributed by atoms with E-state index in [1.54, 1.807) is 6.20 Å². The van der Waals surface area contributed by atoms with Crippen LogP contribution in [0.1, 0.15) is 35.7 Å². The van der Waals surface area contributed by atoms with E-state index in [1.807, 2.05) is 65.7 Å². The Morgan fingerprint density at radius 2 is 1.85 bits per heavy atom. The van der Waals surface area contributed by atoms with Gasteiger partial charge in [0, 0.05) is 30.4 Å². The normalized spacial score (nSPS) is 12.9. The fraction of sp³-hybridized carbons (Fsp3) is 0.217. The minimum absolute atomic E-state index is 0.0973. The van der Waals surface area contributed by atoms with Crippen LogP contribution in [-0.4, -0.2) is 22.3 Å². The number of nitrogens with zero attached hydrogens (tertiary/aromatic N) is 2. The summed E-state index contributed by atoms with van der Waals surface area (Å²) in [5.41, 5.74) is 3.90.